The molecule has 0 bridgehead atoms. The Labute approximate surface area is 114 Å². The number of rotatable bonds is 5. The standard InChI is InChI=1S/C13H13N3O2S/c14-13-15-10(9-19-13)8-12(18)16(6-7-17)11-4-2-1-3-5-11/h1-5,7,9H,6,8H2,(H2,14,15). The minimum absolute atomic E-state index is 0.0302. The summed E-state index contributed by atoms with van der Waals surface area (Å²) in [6.45, 7) is 0.0302. The number of nitrogens with zero attached hydrogens (tertiary/aromatic N) is 2. The molecule has 2 aromatic rings. The van der Waals surface area contributed by atoms with Gasteiger partial charge in [-0.25, -0.2) is 4.98 Å². The number of nitrogens with two attached hydrogens (primary N) is 1. The Hall–Kier alpha value is -2.21. The number of aldehydes is 1. The van der Waals surface area contributed by atoms with Gasteiger partial charge in [0.05, 0.1) is 18.7 Å². The molecule has 2 rings (SSSR count). The highest BCUT2D eigenvalue weighted by atomic mass is 32.1. The second kappa shape index (κ2) is 6.10. The van der Waals surface area contributed by atoms with E-state index in [0.717, 1.165) is 0 Å². The average Bonchev–Trinajstić information content (AvgIpc) is 2.82. The van der Waals surface area contributed by atoms with Crippen LogP contribution in [0.15, 0.2) is 35.7 Å². The third kappa shape index (κ3) is 3.38. The van der Waals surface area contributed by atoms with E-state index in [1.807, 2.05) is 18.2 Å². The van der Waals surface area contributed by atoms with Gasteiger partial charge in [-0.15, -0.1) is 11.3 Å². The summed E-state index contributed by atoms with van der Waals surface area (Å²) in [5, 5.41) is 2.18. The number of carbonyl (C=O) groups is 2. The Kier molecular flexibility index (Phi) is 4.25. The number of para-hydroxylation sites is 1. The smallest absolute Gasteiger partial charge is 0.233 e. The molecule has 0 atom stereocenters. The molecule has 1 aromatic heterocycles. The zero-order valence-electron chi connectivity index (χ0n) is 10.2. The predicted molar refractivity (Wildman–Crippen MR) is 75.1 cm³/mol. The number of benzene rings is 1. The molecule has 0 aliphatic carbocycles. The number of hydrogen-bond donors (Lipinski definition) is 1. The normalized spacial score (nSPS) is 10.1. The van der Waals surface area contributed by atoms with E-state index in [-0.39, 0.29) is 18.9 Å². The first kappa shape index (κ1) is 13.2. The number of aromatic nitrogens is 1. The maximum atomic E-state index is 12.2. The molecule has 0 radical (unpaired) electrons. The van der Waals surface area contributed by atoms with Gasteiger partial charge in [-0.05, 0) is 12.1 Å². The van der Waals surface area contributed by atoms with Crippen molar-refractivity contribution < 1.29 is 9.59 Å². The topological polar surface area (TPSA) is 76.3 Å². The molecule has 0 aliphatic rings. The summed E-state index contributed by atoms with van der Waals surface area (Å²) in [5.74, 6) is -0.177. The van der Waals surface area contributed by atoms with Gasteiger partial charge in [0.15, 0.2) is 5.13 Å². The van der Waals surface area contributed by atoms with Gasteiger partial charge in [-0.2, -0.15) is 0 Å². The summed E-state index contributed by atoms with van der Waals surface area (Å²) < 4.78 is 0. The minimum Gasteiger partial charge on any atom is -0.375 e. The molecule has 0 fully saturated rings. The van der Waals surface area contributed by atoms with Crippen molar-refractivity contribution >= 4 is 34.3 Å². The fourth-order valence-electron chi connectivity index (χ4n) is 1.69. The Bertz CT molecular complexity index is 568. The van der Waals surface area contributed by atoms with Crippen molar-refractivity contribution in [3.8, 4) is 0 Å². The summed E-state index contributed by atoms with van der Waals surface area (Å²) in [6, 6.07) is 9.07. The number of anilines is 2. The van der Waals surface area contributed by atoms with E-state index in [1.54, 1.807) is 17.5 Å². The van der Waals surface area contributed by atoms with Crippen LogP contribution in [-0.4, -0.2) is 23.7 Å². The zero-order valence-corrected chi connectivity index (χ0v) is 11.0. The van der Waals surface area contributed by atoms with E-state index < -0.39 is 0 Å². The van der Waals surface area contributed by atoms with E-state index in [0.29, 0.717) is 22.8 Å². The highest BCUT2D eigenvalue weighted by Gasteiger charge is 2.16. The van der Waals surface area contributed by atoms with Crippen molar-refractivity contribution in [3.05, 3.63) is 41.4 Å². The van der Waals surface area contributed by atoms with E-state index in [9.17, 15) is 9.59 Å². The van der Waals surface area contributed by atoms with Crippen LogP contribution < -0.4 is 10.6 Å². The number of amides is 1. The van der Waals surface area contributed by atoms with Gasteiger partial charge in [0.1, 0.15) is 6.29 Å². The molecular weight excluding hydrogens is 262 g/mol. The molecule has 0 saturated heterocycles. The highest BCUT2D eigenvalue weighted by molar-refractivity contribution is 7.13. The quantitative estimate of drug-likeness (QED) is 0.839. The van der Waals surface area contributed by atoms with Crippen molar-refractivity contribution in [2.45, 2.75) is 6.42 Å². The zero-order chi connectivity index (χ0) is 13.7. The molecular formula is C13H13N3O2S. The molecule has 0 unspecified atom stereocenters. The van der Waals surface area contributed by atoms with Crippen LogP contribution in [0.4, 0.5) is 10.8 Å². The van der Waals surface area contributed by atoms with E-state index in [1.165, 1.54) is 16.2 Å². The lowest BCUT2D eigenvalue weighted by Crippen LogP contribution is -2.33. The predicted octanol–water partition coefficient (Wildman–Crippen LogP) is 1.50. The minimum atomic E-state index is -0.177. The summed E-state index contributed by atoms with van der Waals surface area (Å²) in [6.07, 6.45) is 0.844. The van der Waals surface area contributed by atoms with E-state index in [2.05, 4.69) is 4.98 Å². The molecule has 1 amide bonds. The lowest BCUT2D eigenvalue weighted by atomic mass is 10.2. The van der Waals surface area contributed by atoms with Crippen molar-refractivity contribution in [2.24, 2.45) is 0 Å². The Morgan fingerprint density at radius 2 is 2.11 bits per heavy atom. The lowest BCUT2D eigenvalue weighted by Gasteiger charge is -2.19. The van der Waals surface area contributed by atoms with Crippen LogP contribution in [0.2, 0.25) is 0 Å². The largest absolute Gasteiger partial charge is 0.375 e. The fourth-order valence-corrected chi connectivity index (χ4v) is 2.25. The van der Waals surface area contributed by atoms with Crippen LogP contribution in [0, 0.1) is 0 Å². The van der Waals surface area contributed by atoms with Crippen LogP contribution in [0.25, 0.3) is 0 Å². The van der Waals surface area contributed by atoms with Crippen LogP contribution >= 0.6 is 11.3 Å². The van der Waals surface area contributed by atoms with Crippen molar-refractivity contribution in [1.82, 2.24) is 4.98 Å². The van der Waals surface area contributed by atoms with Gasteiger partial charge >= 0.3 is 0 Å². The third-order valence-electron chi connectivity index (χ3n) is 2.53. The Morgan fingerprint density at radius 3 is 2.68 bits per heavy atom. The third-order valence-corrected chi connectivity index (χ3v) is 3.25. The van der Waals surface area contributed by atoms with E-state index in [4.69, 9.17) is 5.73 Å². The number of carbonyl (C=O) groups excluding carboxylic acids is 2. The SMILES string of the molecule is Nc1nc(CC(=O)N(CC=O)c2ccccc2)cs1. The molecule has 6 heteroatoms. The molecule has 0 aliphatic heterocycles. The molecule has 2 N–H and O–H groups in total. The molecule has 19 heavy (non-hydrogen) atoms. The maximum absolute atomic E-state index is 12.2. The molecule has 0 saturated carbocycles. The van der Waals surface area contributed by atoms with Gasteiger partial charge in [-0.1, -0.05) is 18.2 Å². The summed E-state index contributed by atoms with van der Waals surface area (Å²) >= 11 is 1.29. The first-order chi connectivity index (χ1) is 9.20. The van der Waals surface area contributed by atoms with Crippen LogP contribution in [0.3, 0.4) is 0 Å². The molecule has 5 nitrogen and oxygen atoms in total. The van der Waals surface area contributed by atoms with Gasteiger partial charge in [0.25, 0.3) is 0 Å². The number of hydrogen-bond acceptors (Lipinski definition) is 5. The second-order valence-corrected chi connectivity index (χ2v) is 4.75. The van der Waals surface area contributed by atoms with Crippen molar-refractivity contribution in [1.29, 1.82) is 0 Å². The first-order valence-corrected chi connectivity index (χ1v) is 6.57. The van der Waals surface area contributed by atoms with Gasteiger partial charge in [0.2, 0.25) is 5.91 Å². The lowest BCUT2D eigenvalue weighted by molar-refractivity contribution is -0.119. The summed E-state index contributed by atoms with van der Waals surface area (Å²) in [4.78, 5) is 28.4. The van der Waals surface area contributed by atoms with Crippen molar-refractivity contribution in [2.75, 3.05) is 17.2 Å². The number of thiazole rings is 1. The van der Waals surface area contributed by atoms with Crippen LogP contribution in [0.1, 0.15) is 5.69 Å². The molecule has 1 aromatic carbocycles. The maximum Gasteiger partial charge on any atom is 0.233 e. The van der Waals surface area contributed by atoms with E-state index >= 15 is 0 Å². The summed E-state index contributed by atoms with van der Waals surface area (Å²) in [5.41, 5.74) is 6.85. The van der Waals surface area contributed by atoms with Crippen molar-refractivity contribution in [3.63, 3.8) is 0 Å². The monoisotopic (exact) mass is 275 g/mol. The molecule has 98 valence electrons. The average molecular weight is 275 g/mol. The van der Waals surface area contributed by atoms with Crippen LogP contribution in [0.5, 0.6) is 0 Å². The number of nitrogen functional groups attached to an aromatic ring is 1. The Morgan fingerprint density at radius 1 is 1.37 bits per heavy atom. The molecule has 1 heterocycles. The van der Waals surface area contributed by atoms with Gasteiger partial charge in [-0.3, -0.25) is 4.79 Å². The second-order valence-electron chi connectivity index (χ2n) is 3.86. The molecule has 0 spiro atoms. The van der Waals surface area contributed by atoms with Gasteiger partial charge < -0.3 is 15.4 Å². The first-order valence-electron chi connectivity index (χ1n) is 5.69. The Balaban J connectivity index is 2.15. The highest BCUT2D eigenvalue weighted by Crippen LogP contribution is 2.16. The summed E-state index contributed by atoms with van der Waals surface area (Å²) in [7, 11) is 0. The fraction of sp³-hybridized carbons (Fsp3) is 0.154. The van der Waals surface area contributed by atoms with Gasteiger partial charge in [0, 0.05) is 11.1 Å². The van der Waals surface area contributed by atoms with Crippen LogP contribution in [-0.2, 0) is 16.0 Å².